The Hall–Kier alpha value is -3.21. The number of hydrogen-bond acceptors (Lipinski definition) is 3. The van der Waals surface area contributed by atoms with Gasteiger partial charge in [0.15, 0.2) is 0 Å². The van der Waals surface area contributed by atoms with E-state index in [1.54, 1.807) is 6.33 Å². The molecule has 0 bridgehead atoms. The molecule has 0 amide bonds. The molecule has 0 unspecified atom stereocenters. The van der Waals surface area contributed by atoms with Gasteiger partial charge in [0, 0.05) is 23.1 Å². The largest absolute Gasteiger partial charge is 0.276 e. The van der Waals surface area contributed by atoms with Gasteiger partial charge in [-0.3, -0.25) is 13.8 Å². The molecule has 0 saturated heterocycles. The van der Waals surface area contributed by atoms with Gasteiger partial charge in [0.2, 0.25) is 5.78 Å². The molecule has 5 heteroatoms. The van der Waals surface area contributed by atoms with Gasteiger partial charge < -0.3 is 0 Å². The lowest BCUT2D eigenvalue weighted by molar-refractivity contribution is 0.283. The zero-order chi connectivity index (χ0) is 20.8. The number of hydrogen-bond donors (Lipinski definition) is 0. The van der Waals surface area contributed by atoms with Crippen LogP contribution in [0, 0.1) is 0 Å². The first-order chi connectivity index (χ1) is 15.3. The summed E-state index contributed by atoms with van der Waals surface area (Å²) in [5, 5.41) is 8.61. The van der Waals surface area contributed by atoms with Gasteiger partial charge in [-0.2, -0.15) is 0 Å². The maximum Gasteiger partial charge on any atom is 0.259 e. The fourth-order valence-electron chi connectivity index (χ4n) is 5.86. The highest BCUT2D eigenvalue weighted by molar-refractivity contribution is 5.73. The topological polar surface area (TPSA) is 52.2 Å². The van der Waals surface area contributed by atoms with E-state index in [0.717, 1.165) is 42.5 Å². The van der Waals surface area contributed by atoms with Crippen molar-refractivity contribution in [3.05, 3.63) is 88.0 Å². The van der Waals surface area contributed by atoms with Crippen LogP contribution in [0.15, 0.2) is 65.7 Å². The molecule has 2 heterocycles. The molecule has 0 aliphatic heterocycles. The van der Waals surface area contributed by atoms with Gasteiger partial charge in [0.05, 0.1) is 5.69 Å². The Morgan fingerprint density at radius 3 is 2.55 bits per heavy atom. The predicted molar refractivity (Wildman–Crippen MR) is 121 cm³/mol. The van der Waals surface area contributed by atoms with E-state index in [4.69, 9.17) is 0 Å². The maximum atomic E-state index is 14.1. The van der Waals surface area contributed by atoms with Crippen molar-refractivity contribution in [1.29, 1.82) is 0 Å². The van der Waals surface area contributed by atoms with Gasteiger partial charge >= 0.3 is 0 Å². The van der Waals surface area contributed by atoms with E-state index in [9.17, 15) is 4.79 Å². The van der Waals surface area contributed by atoms with E-state index in [0.29, 0.717) is 12.3 Å². The quantitative estimate of drug-likeness (QED) is 0.498. The van der Waals surface area contributed by atoms with Gasteiger partial charge in [-0.15, -0.1) is 10.2 Å². The van der Waals surface area contributed by atoms with Gasteiger partial charge in [0.25, 0.3) is 5.56 Å². The molecule has 5 nitrogen and oxygen atoms in total. The van der Waals surface area contributed by atoms with Crippen molar-refractivity contribution in [3.63, 3.8) is 0 Å². The maximum absolute atomic E-state index is 14.1. The second kappa shape index (κ2) is 7.19. The van der Waals surface area contributed by atoms with Gasteiger partial charge in [-0.1, -0.05) is 73.9 Å². The van der Waals surface area contributed by atoms with Crippen molar-refractivity contribution in [3.8, 4) is 11.3 Å². The summed E-state index contributed by atoms with van der Waals surface area (Å²) in [6, 6.07) is 18.9. The first-order valence-electron chi connectivity index (χ1n) is 11.4. The standard InChI is InChI=1S/C26H26N4O/c31-24-22-23(21-12-6-5-11-20(21)17-26(22)14-7-2-8-15-26)30-18-27-28-25(30)29(24)16-13-19-9-3-1-4-10-19/h1,3-6,9-12,18H,2,7-8,13-17H2. The number of aryl methyl sites for hydroxylation is 2. The monoisotopic (exact) mass is 410 g/mol. The second-order valence-electron chi connectivity index (χ2n) is 9.09. The van der Waals surface area contributed by atoms with Gasteiger partial charge in [0.1, 0.15) is 6.33 Å². The van der Waals surface area contributed by atoms with Crippen molar-refractivity contribution < 1.29 is 0 Å². The molecule has 1 fully saturated rings. The van der Waals surface area contributed by atoms with Crippen LogP contribution in [0.4, 0.5) is 0 Å². The van der Waals surface area contributed by atoms with E-state index >= 15 is 0 Å². The van der Waals surface area contributed by atoms with Crippen LogP contribution in [-0.2, 0) is 24.8 Å². The molecule has 0 radical (unpaired) electrons. The van der Waals surface area contributed by atoms with Crippen molar-refractivity contribution >= 4 is 5.78 Å². The Kier molecular flexibility index (Phi) is 4.30. The molecule has 31 heavy (non-hydrogen) atoms. The number of benzene rings is 2. The number of nitrogens with zero attached hydrogens (tertiary/aromatic N) is 4. The first-order valence-corrected chi connectivity index (χ1v) is 11.4. The summed E-state index contributed by atoms with van der Waals surface area (Å²) in [6.07, 6.45) is 9.33. The second-order valence-corrected chi connectivity index (χ2v) is 9.09. The molecular formula is C26H26N4O. The summed E-state index contributed by atoms with van der Waals surface area (Å²) in [4.78, 5) is 14.1. The molecule has 0 atom stereocenters. The van der Waals surface area contributed by atoms with Gasteiger partial charge in [-0.05, 0) is 36.8 Å². The minimum Gasteiger partial charge on any atom is -0.276 e. The third kappa shape index (κ3) is 2.87. The number of fused-ring (bicyclic) bond motifs is 6. The molecular weight excluding hydrogens is 384 g/mol. The lowest BCUT2D eigenvalue weighted by Gasteiger charge is -2.42. The summed E-state index contributed by atoms with van der Waals surface area (Å²) in [5.41, 5.74) is 5.78. The number of rotatable bonds is 3. The minimum absolute atomic E-state index is 0.0774. The SMILES string of the molecule is O=c1c2c(n3cnnc3n1CCc1ccccc1)-c1ccccc1CC21CCCCC1. The summed E-state index contributed by atoms with van der Waals surface area (Å²) in [6.45, 7) is 0.607. The van der Waals surface area contributed by atoms with Crippen molar-refractivity contribution in [2.45, 2.75) is 56.9 Å². The molecule has 1 saturated carbocycles. The Labute approximate surface area is 181 Å². The summed E-state index contributed by atoms with van der Waals surface area (Å²) < 4.78 is 3.93. The van der Waals surface area contributed by atoms with E-state index in [1.807, 2.05) is 22.8 Å². The molecule has 2 aliphatic carbocycles. The smallest absolute Gasteiger partial charge is 0.259 e. The Morgan fingerprint density at radius 2 is 1.71 bits per heavy atom. The minimum atomic E-state index is -0.0774. The van der Waals surface area contributed by atoms with E-state index in [2.05, 4.69) is 51.0 Å². The van der Waals surface area contributed by atoms with Crippen LogP contribution in [0.5, 0.6) is 0 Å². The molecule has 4 aromatic rings. The molecule has 1 spiro atoms. The van der Waals surface area contributed by atoms with Crippen LogP contribution in [0.1, 0.15) is 48.8 Å². The fraction of sp³-hybridized carbons (Fsp3) is 0.346. The van der Waals surface area contributed by atoms with Crippen molar-refractivity contribution in [2.24, 2.45) is 0 Å². The van der Waals surface area contributed by atoms with E-state index in [-0.39, 0.29) is 11.0 Å². The molecule has 6 rings (SSSR count). The zero-order valence-corrected chi connectivity index (χ0v) is 17.6. The normalized spacial score (nSPS) is 16.9. The van der Waals surface area contributed by atoms with Crippen molar-refractivity contribution in [2.75, 3.05) is 0 Å². The highest BCUT2D eigenvalue weighted by atomic mass is 16.1. The lowest BCUT2D eigenvalue weighted by Crippen LogP contribution is -2.43. The van der Waals surface area contributed by atoms with Crippen molar-refractivity contribution in [1.82, 2.24) is 19.2 Å². The Balaban J connectivity index is 1.60. The van der Waals surface area contributed by atoms with E-state index < -0.39 is 0 Å². The summed E-state index contributed by atoms with van der Waals surface area (Å²) in [5.74, 6) is 0.641. The number of aromatic nitrogens is 4. The molecule has 2 aromatic heterocycles. The van der Waals surface area contributed by atoms with Crippen LogP contribution in [0.2, 0.25) is 0 Å². The van der Waals surface area contributed by atoms with Gasteiger partial charge in [-0.25, -0.2) is 0 Å². The fourth-order valence-corrected chi connectivity index (χ4v) is 5.86. The van der Waals surface area contributed by atoms with Crippen LogP contribution in [-0.4, -0.2) is 19.2 Å². The Morgan fingerprint density at radius 1 is 0.935 bits per heavy atom. The molecule has 2 aromatic carbocycles. The van der Waals surface area contributed by atoms with Crippen LogP contribution in [0.25, 0.3) is 17.0 Å². The van der Waals surface area contributed by atoms with Crippen LogP contribution >= 0.6 is 0 Å². The average Bonchev–Trinajstić information content (AvgIpc) is 3.29. The Bertz CT molecular complexity index is 1310. The van der Waals surface area contributed by atoms with E-state index in [1.165, 1.54) is 30.4 Å². The predicted octanol–water partition coefficient (Wildman–Crippen LogP) is 4.56. The van der Waals surface area contributed by atoms with Crippen LogP contribution in [0.3, 0.4) is 0 Å². The molecule has 2 aliphatic rings. The highest BCUT2D eigenvalue weighted by Crippen LogP contribution is 2.49. The highest BCUT2D eigenvalue weighted by Gasteiger charge is 2.43. The molecule has 156 valence electrons. The summed E-state index contributed by atoms with van der Waals surface area (Å²) in [7, 11) is 0. The van der Waals surface area contributed by atoms with Crippen LogP contribution < -0.4 is 5.56 Å². The lowest BCUT2D eigenvalue weighted by atomic mass is 9.62. The average molecular weight is 411 g/mol. The summed E-state index contributed by atoms with van der Waals surface area (Å²) >= 11 is 0. The third-order valence-corrected chi connectivity index (χ3v) is 7.32. The third-order valence-electron chi connectivity index (χ3n) is 7.32. The first kappa shape index (κ1) is 18.6. The molecule has 0 N–H and O–H groups in total. The zero-order valence-electron chi connectivity index (χ0n) is 17.6.